The number of carbonyl (C=O) groups excluding carboxylic acids is 4. The maximum absolute atomic E-state index is 13.0. The molecule has 1 saturated carbocycles. The summed E-state index contributed by atoms with van der Waals surface area (Å²) < 4.78 is 16.9. The zero-order chi connectivity index (χ0) is 21.7. The molecule has 0 radical (unpaired) electrons. The minimum absolute atomic E-state index is 0.0243. The van der Waals surface area contributed by atoms with Crippen molar-refractivity contribution in [2.24, 2.45) is 23.2 Å². The maximum atomic E-state index is 13.0. The van der Waals surface area contributed by atoms with Crippen LogP contribution in [0, 0.1) is 23.2 Å². The lowest BCUT2D eigenvalue weighted by Crippen LogP contribution is -2.54. The molecule has 2 bridgehead atoms. The number of hydrogen-bond acceptors (Lipinski definition) is 7. The number of ketones is 1. The van der Waals surface area contributed by atoms with Gasteiger partial charge in [-0.2, -0.15) is 0 Å². The van der Waals surface area contributed by atoms with Gasteiger partial charge in [0.05, 0.1) is 11.3 Å². The normalized spacial score (nSPS) is 37.9. The van der Waals surface area contributed by atoms with Gasteiger partial charge in [0.2, 0.25) is 0 Å². The van der Waals surface area contributed by atoms with Crippen molar-refractivity contribution in [3.8, 4) is 0 Å². The summed E-state index contributed by atoms with van der Waals surface area (Å²) in [4.78, 5) is 49.9. The number of allylic oxidation sites excluding steroid dienone is 3. The third kappa shape index (κ3) is 3.32. The lowest BCUT2D eigenvalue weighted by molar-refractivity contribution is -0.187. The van der Waals surface area contributed by atoms with Gasteiger partial charge in [0.1, 0.15) is 18.3 Å². The Hall–Kier alpha value is -2.70. The van der Waals surface area contributed by atoms with Crippen LogP contribution < -0.4 is 0 Å². The molecule has 2 aliphatic carbocycles. The Morgan fingerprint density at radius 1 is 1.21 bits per heavy atom. The van der Waals surface area contributed by atoms with Crippen molar-refractivity contribution in [1.82, 2.24) is 0 Å². The van der Waals surface area contributed by atoms with Crippen LogP contribution in [0.1, 0.15) is 34.6 Å². The first-order valence-corrected chi connectivity index (χ1v) is 9.63. The van der Waals surface area contributed by atoms with E-state index in [2.05, 4.69) is 6.58 Å². The molecule has 3 rings (SSSR count). The summed E-state index contributed by atoms with van der Waals surface area (Å²) in [7, 11) is 0. The van der Waals surface area contributed by atoms with E-state index >= 15 is 0 Å². The molecule has 7 atom stereocenters. The molecule has 1 heterocycles. The van der Waals surface area contributed by atoms with Gasteiger partial charge in [-0.05, 0) is 32.8 Å². The van der Waals surface area contributed by atoms with Gasteiger partial charge >= 0.3 is 17.9 Å². The topological polar surface area (TPSA) is 96.0 Å². The van der Waals surface area contributed by atoms with Crippen LogP contribution in [0.2, 0.25) is 0 Å². The molecule has 29 heavy (non-hydrogen) atoms. The van der Waals surface area contributed by atoms with Gasteiger partial charge in [-0.3, -0.25) is 9.59 Å². The van der Waals surface area contributed by atoms with Crippen molar-refractivity contribution in [3.05, 3.63) is 36.0 Å². The van der Waals surface area contributed by atoms with Gasteiger partial charge in [0.15, 0.2) is 5.78 Å². The van der Waals surface area contributed by atoms with Crippen LogP contribution >= 0.6 is 0 Å². The lowest BCUT2D eigenvalue weighted by Gasteiger charge is -2.42. The number of esters is 3. The molecule has 0 aromatic rings. The largest absolute Gasteiger partial charge is 0.458 e. The Morgan fingerprint density at radius 2 is 1.86 bits per heavy atom. The zero-order valence-corrected chi connectivity index (χ0v) is 17.3. The predicted octanol–water partition coefficient (Wildman–Crippen LogP) is 2.31. The Morgan fingerprint density at radius 3 is 2.45 bits per heavy atom. The molecule has 1 saturated heterocycles. The summed E-state index contributed by atoms with van der Waals surface area (Å²) in [6, 6.07) is 0. The molecule has 7 heteroatoms. The van der Waals surface area contributed by atoms with E-state index in [1.54, 1.807) is 26.8 Å². The number of rotatable bonds is 3. The first kappa shape index (κ1) is 21.0. The fourth-order valence-corrected chi connectivity index (χ4v) is 4.85. The van der Waals surface area contributed by atoms with Crippen LogP contribution in [0.3, 0.4) is 0 Å². The average molecular weight is 402 g/mol. The van der Waals surface area contributed by atoms with E-state index in [0.717, 1.165) is 5.57 Å². The number of hydrogen-bond donors (Lipinski definition) is 0. The van der Waals surface area contributed by atoms with Crippen molar-refractivity contribution < 1.29 is 33.4 Å². The molecule has 0 aromatic carbocycles. The predicted molar refractivity (Wildman–Crippen MR) is 102 cm³/mol. The highest BCUT2D eigenvalue weighted by Crippen LogP contribution is 2.54. The van der Waals surface area contributed by atoms with E-state index in [1.165, 1.54) is 19.1 Å². The Kier molecular flexibility index (Phi) is 5.28. The summed E-state index contributed by atoms with van der Waals surface area (Å²) in [5, 5.41) is 0. The molecule has 1 aliphatic heterocycles. The van der Waals surface area contributed by atoms with Crippen LogP contribution in [0.15, 0.2) is 36.0 Å². The number of fused-ring (bicyclic) bond motifs is 3. The standard InChI is InChI=1S/C22H26O7/c1-10(2)9-16(25)28-20-17-12(4)21(26)29-18(19(17)27-13(5)23)11(3)14-7-8-15(24)22(14,20)6/h7-9,11,14,17-20H,4H2,1-3,5-6H3/t11-,14-,17+,18+,19-,20-,22-/m0/s1. The Labute approximate surface area is 169 Å². The molecule has 0 unspecified atom stereocenters. The maximum Gasteiger partial charge on any atom is 0.334 e. The van der Waals surface area contributed by atoms with E-state index in [4.69, 9.17) is 14.2 Å². The first-order chi connectivity index (χ1) is 13.5. The Bertz CT molecular complexity index is 847. The molecular formula is C22H26O7. The molecule has 3 aliphatic rings. The van der Waals surface area contributed by atoms with E-state index in [9.17, 15) is 19.2 Å². The second-order valence-electron chi connectivity index (χ2n) is 8.47. The van der Waals surface area contributed by atoms with E-state index in [-0.39, 0.29) is 23.2 Å². The van der Waals surface area contributed by atoms with Gasteiger partial charge in [-0.25, -0.2) is 9.59 Å². The van der Waals surface area contributed by atoms with Crippen molar-refractivity contribution in [3.63, 3.8) is 0 Å². The quantitative estimate of drug-likeness (QED) is 0.406. The van der Waals surface area contributed by atoms with Crippen LogP contribution in [-0.4, -0.2) is 42.0 Å². The van der Waals surface area contributed by atoms with Crippen molar-refractivity contribution >= 4 is 23.7 Å². The second-order valence-corrected chi connectivity index (χ2v) is 8.47. The SMILES string of the molecule is C=C1C(=O)O[C@@H]2[C@@H](C)[C@@H]3C=CC(=O)[C@@]3(C)[C@@H](OC(=O)C=C(C)C)[C@H]1[C@@H]2OC(C)=O. The van der Waals surface area contributed by atoms with Crippen molar-refractivity contribution in [1.29, 1.82) is 0 Å². The smallest absolute Gasteiger partial charge is 0.334 e. The highest BCUT2D eigenvalue weighted by atomic mass is 16.6. The van der Waals surface area contributed by atoms with Gasteiger partial charge in [0, 0.05) is 24.5 Å². The van der Waals surface area contributed by atoms with Gasteiger partial charge in [-0.15, -0.1) is 0 Å². The molecule has 0 aromatic heterocycles. The molecule has 156 valence electrons. The third-order valence-corrected chi connectivity index (χ3v) is 6.22. The second kappa shape index (κ2) is 7.28. The molecule has 7 nitrogen and oxygen atoms in total. The Balaban J connectivity index is 2.19. The van der Waals surface area contributed by atoms with E-state index < -0.39 is 47.6 Å². The molecule has 0 N–H and O–H groups in total. The van der Waals surface area contributed by atoms with Crippen LogP contribution in [0.4, 0.5) is 0 Å². The van der Waals surface area contributed by atoms with Gasteiger partial charge in [-0.1, -0.05) is 25.2 Å². The summed E-state index contributed by atoms with van der Waals surface area (Å²) >= 11 is 0. The molecule has 2 fully saturated rings. The highest BCUT2D eigenvalue weighted by molar-refractivity contribution is 5.99. The fourth-order valence-electron chi connectivity index (χ4n) is 4.85. The summed E-state index contributed by atoms with van der Waals surface area (Å²) in [6.45, 7) is 12.1. The van der Waals surface area contributed by atoms with E-state index in [0.29, 0.717) is 0 Å². The minimum atomic E-state index is -1.14. The van der Waals surface area contributed by atoms with Crippen molar-refractivity contribution in [2.75, 3.05) is 0 Å². The molecule has 0 amide bonds. The van der Waals surface area contributed by atoms with E-state index in [1.807, 2.05) is 6.92 Å². The average Bonchev–Trinajstić information content (AvgIpc) is 2.88. The first-order valence-electron chi connectivity index (χ1n) is 9.63. The minimum Gasteiger partial charge on any atom is -0.458 e. The summed E-state index contributed by atoms with van der Waals surface area (Å²) in [5.74, 6) is -3.64. The zero-order valence-electron chi connectivity index (χ0n) is 17.3. The van der Waals surface area contributed by atoms with Crippen LogP contribution in [-0.2, 0) is 33.4 Å². The molecular weight excluding hydrogens is 376 g/mol. The fraction of sp³-hybridized carbons (Fsp3) is 0.545. The van der Waals surface area contributed by atoms with Gasteiger partial charge in [0.25, 0.3) is 0 Å². The van der Waals surface area contributed by atoms with Crippen LogP contribution in [0.25, 0.3) is 0 Å². The molecule has 0 spiro atoms. The van der Waals surface area contributed by atoms with Crippen LogP contribution in [0.5, 0.6) is 0 Å². The monoisotopic (exact) mass is 402 g/mol. The van der Waals surface area contributed by atoms with Gasteiger partial charge < -0.3 is 14.2 Å². The summed E-state index contributed by atoms with van der Waals surface area (Å²) in [5.41, 5.74) is -0.388. The number of ether oxygens (including phenoxy) is 3. The van der Waals surface area contributed by atoms with Crippen molar-refractivity contribution in [2.45, 2.75) is 52.9 Å². The third-order valence-electron chi connectivity index (χ3n) is 6.22. The highest BCUT2D eigenvalue weighted by Gasteiger charge is 2.65. The number of carbonyl (C=O) groups is 4. The lowest BCUT2D eigenvalue weighted by atomic mass is 9.67. The summed E-state index contributed by atoms with van der Waals surface area (Å²) in [6.07, 6.45) is 1.83.